The maximum absolute atomic E-state index is 13.7. The summed E-state index contributed by atoms with van der Waals surface area (Å²) < 4.78 is 18.8. The molecule has 0 saturated heterocycles. The van der Waals surface area contributed by atoms with E-state index in [2.05, 4.69) is 10.3 Å². The Kier molecular flexibility index (Phi) is 4.37. The van der Waals surface area contributed by atoms with Crippen LogP contribution in [0.2, 0.25) is 0 Å². The molecule has 1 N–H and O–H groups in total. The fourth-order valence-corrected chi connectivity index (χ4v) is 2.55. The van der Waals surface area contributed by atoms with Gasteiger partial charge in [0.15, 0.2) is 11.6 Å². The largest absolute Gasteiger partial charge is 0.491 e. The first-order chi connectivity index (χ1) is 9.10. The van der Waals surface area contributed by atoms with Gasteiger partial charge in [-0.3, -0.25) is 0 Å². The summed E-state index contributed by atoms with van der Waals surface area (Å²) in [5.74, 6) is -0.0627. The molecule has 0 radical (unpaired) electrons. The Labute approximate surface area is 116 Å². The van der Waals surface area contributed by atoms with Crippen molar-refractivity contribution < 1.29 is 9.13 Å². The zero-order chi connectivity index (χ0) is 13.8. The van der Waals surface area contributed by atoms with Gasteiger partial charge in [0.1, 0.15) is 5.01 Å². The van der Waals surface area contributed by atoms with Crippen LogP contribution >= 0.6 is 11.3 Å². The van der Waals surface area contributed by atoms with Gasteiger partial charge < -0.3 is 10.1 Å². The van der Waals surface area contributed by atoms with Crippen LogP contribution in [0.25, 0.3) is 0 Å². The predicted molar refractivity (Wildman–Crippen MR) is 76.5 cm³/mol. The molecule has 1 heterocycles. The second kappa shape index (κ2) is 6.02. The minimum Gasteiger partial charge on any atom is -0.491 e. The zero-order valence-electron chi connectivity index (χ0n) is 11.3. The Morgan fingerprint density at radius 3 is 2.74 bits per heavy atom. The van der Waals surface area contributed by atoms with Gasteiger partial charge >= 0.3 is 0 Å². The molecule has 102 valence electrons. The van der Waals surface area contributed by atoms with Crippen LogP contribution in [0.1, 0.15) is 22.5 Å². The summed E-state index contributed by atoms with van der Waals surface area (Å²) in [4.78, 5) is 5.65. The van der Waals surface area contributed by atoms with Gasteiger partial charge in [0, 0.05) is 16.6 Å². The quantitative estimate of drug-likeness (QED) is 0.901. The molecule has 0 aliphatic rings. The van der Waals surface area contributed by atoms with Crippen molar-refractivity contribution >= 4 is 17.0 Å². The molecule has 2 rings (SSSR count). The van der Waals surface area contributed by atoms with Gasteiger partial charge in [0.05, 0.1) is 18.8 Å². The third-order valence-corrected chi connectivity index (χ3v) is 3.82. The van der Waals surface area contributed by atoms with E-state index in [9.17, 15) is 4.39 Å². The number of nitrogens with zero attached hydrogens (tertiary/aromatic N) is 1. The van der Waals surface area contributed by atoms with Crippen LogP contribution in [0.4, 0.5) is 10.1 Å². The highest BCUT2D eigenvalue weighted by Crippen LogP contribution is 2.22. The lowest BCUT2D eigenvalue weighted by Gasteiger charge is -2.08. The molecule has 0 saturated carbocycles. The van der Waals surface area contributed by atoms with E-state index < -0.39 is 0 Å². The first-order valence-electron chi connectivity index (χ1n) is 6.19. The molecule has 1 aromatic heterocycles. The third-order valence-electron chi connectivity index (χ3n) is 2.75. The van der Waals surface area contributed by atoms with Crippen LogP contribution < -0.4 is 10.1 Å². The lowest BCUT2D eigenvalue weighted by molar-refractivity contribution is 0.321. The van der Waals surface area contributed by atoms with Crippen molar-refractivity contribution in [3.05, 3.63) is 39.6 Å². The van der Waals surface area contributed by atoms with Crippen LogP contribution in [0.3, 0.4) is 0 Å². The normalized spacial score (nSPS) is 10.5. The van der Waals surface area contributed by atoms with E-state index in [-0.39, 0.29) is 11.6 Å². The number of aromatic nitrogens is 1. The second-order valence-corrected chi connectivity index (χ2v) is 5.47. The van der Waals surface area contributed by atoms with E-state index in [0.717, 1.165) is 16.4 Å². The van der Waals surface area contributed by atoms with Crippen LogP contribution in [0, 0.1) is 19.7 Å². The van der Waals surface area contributed by atoms with E-state index in [1.165, 1.54) is 10.9 Å². The lowest BCUT2D eigenvalue weighted by atomic mass is 10.3. The molecule has 0 atom stereocenters. The van der Waals surface area contributed by atoms with Crippen molar-refractivity contribution in [1.82, 2.24) is 4.98 Å². The number of anilines is 1. The van der Waals surface area contributed by atoms with Crippen molar-refractivity contribution in [2.24, 2.45) is 0 Å². The van der Waals surface area contributed by atoms with Gasteiger partial charge in [0.2, 0.25) is 0 Å². The average molecular weight is 280 g/mol. The van der Waals surface area contributed by atoms with Gasteiger partial charge in [-0.25, -0.2) is 9.37 Å². The summed E-state index contributed by atoms with van der Waals surface area (Å²) in [6.45, 7) is 6.94. The Bertz CT molecular complexity index is 549. The molecule has 1 aromatic carbocycles. The standard InChI is InChI=1S/C14H17FN2OS/c1-4-18-13-6-5-11(7-12(13)15)16-8-14-17-9(2)10(3)19-14/h5-7,16H,4,8H2,1-3H3. The predicted octanol–water partition coefficient (Wildman–Crippen LogP) is 3.91. The summed E-state index contributed by atoms with van der Waals surface area (Å²) in [6, 6.07) is 4.89. The fourth-order valence-electron chi connectivity index (χ4n) is 1.68. The Hall–Kier alpha value is -1.62. The van der Waals surface area contributed by atoms with Crippen molar-refractivity contribution in [2.75, 3.05) is 11.9 Å². The highest BCUT2D eigenvalue weighted by molar-refractivity contribution is 7.11. The topological polar surface area (TPSA) is 34.1 Å². The number of halogens is 1. The van der Waals surface area contributed by atoms with Gasteiger partial charge in [-0.05, 0) is 32.9 Å². The lowest BCUT2D eigenvalue weighted by Crippen LogP contribution is -2.00. The number of benzene rings is 1. The Morgan fingerprint density at radius 1 is 1.37 bits per heavy atom. The van der Waals surface area contributed by atoms with E-state index in [4.69, 9.17) is 4.74 Å². The number of hydrogen-bond donors (Lipinski definition) is 1. The number of ether oxygens (including phenoxy) is 1. The average Bonchev–Trinajstić information content (AvgIpc) is 2.70. The molecular formula is C14H17FN2OS. The molecule has 0 amide bonds. The Balaban J connectivity index is 2.01. The minimum absolute atomic E-state index is 0.286. The number of thiazole rings is 1. The van der Waals surface area contributed by atoms with Crippen LogP contribution in [-0.4, -0.2) is 11.6 Å². The molecule has 3 nitrogen and oxygen atoms in total. The number of nitrogens with one attached hydrogen (secondary N) is 1. The Morgan fingerprint density at radius 2 is 2.16 bits per heavy atom. The molecule has 0 aliphatic heterocycles. The fraction of sp³-hybridized carbons (Fsp3) is 0.357. The van der Waals surface area contributed by atoms with Crippen molar-refractivity contribution in [2.45, 2.75) is 27.3 Å². The maximum atomic E-state index is 13.7. The molecule has 0 aliphatic carbocycles. The molecule has 5 heteroatoms. The molecule has 0 bridgehead atoms. The number of aryl methyl sites for hydroxylation is 2. The smallest absolute Gasteiger partial charge is 0.167 e. The minimum atomic E-state index is -0.349. The van der Waals surface area contributed by atoms with Crippen LogP contribution in [-0.2, 0) is 6.54 Å². The maximum Gasteiger partial charge on any atom is 0.167 e. The summed E-state index contributed by atoms with van der Waals surface area (Å²) in [5, 5.41) is 4.17. The van der Waals surface area contributed by atoms with E-state index in [1.54, 1.807) is 23.5 Å². The van der Waals surface area contributed by atoms with E-state index in [0.29, 0.717) is 13.2 Å². The summed E-state index contributed by atoms with van der Waals surface area (Å²) >= 11 is 1.66. The molecule has 0 fully saturated rings. The first-order valence-corrected chi connectivity index (χ1v) is 7.01. The highest BCUT2D eigenvalue weighted by atomic mass is 32.1. The molecule has 0 spiro atoms. The summed E-state index contributed by atoms with van der Waals surface area (Å²) in [7, 11) is 0. The SMILES string of the molecule is CCOc1ccc(NCc2nc(C)c(C)s2)cc1F. The third kappa shape index (κ3) is 3.44. The van der Waals surface area contributed by atoms with E-state index >= 15 is 0 Å². The van der Waals surface area contributed by atoms with E-state index in [1.807, 2.05) is 20.8 Å². The van der Waals surface area contributed by atoms with Crippen LogP contribution in [0.15, 0.2) is 18.2 Å². The van der Waals surface area contributed by atoms with Crippen molar-refractivity contribution in [3.8, 4) is 5.75 Å². The van der Waals surface area contributed by atoms with Crippen LogP contribution in [0.5, 0.6) is 5.75 Å². The molecule has 2 aromatic rings. The number of hydrogen-bond acceptors (Lipinski definition) is 4. The van der Waals surface area contributed by atoms with Crippen molar-refractivity contribution in [3.63, 3.8) is 0 Å². The van der Waals surface area contributed by atoms with Crippen molar-refractivity contribution in [1.29, 1.82) is 0 Å². The second-order valence-electron chi connectivity index (χ2n) is 4.18. The molecule has 0 unspecified atom stereocenters. The molecule has 19 heavy (non-hydrogen) atoms. The molecular weight excluding hydrogens is 263 g/mol. The highest BCUT2D eigenvalue weighted by Gasteiger charge is 2.06. The summed E-state index contributed by atoms with van der Waals surface area (Å²) in [5.41, 5.74) is 1.78. The van der Waals surface area contributed by atoms with Gasteiger partial charge in [-0.1, -0.05) is 0 Å². The first kappa shape index (κ1) is 13.8. The number of rotatable bonds is 5. The monoisotopic (exact) mass is 280 g/mol. The van der Waals surface area contributed by atoms with Gasteiger partial charge in [-0.2, -0.15) is 0 Å². The summed E-state index contributed by atoms with van der Waals surface area (Å²) in [6.07, 6.45) is 0. The zero-order valence-corrected chi connectivity index (χ0v) is 12.1. The van der Waals surface area contributed by atoms with Gasteiger partial charge in [-0.15, -0.1) is 11.3 Å². The van der Waals surface area contributed by atoms with Gasteiger partial charge in [0.25, 0.3) is 0 Å².